The second-order valence-corrected chi connectivity index (χ2v) is 5.85. The molecule has 0 spiro atoms. The van der Waals surface area contributed by atoms with Gasteiger partial charge < -0.3 is 11.1 Å². The van der Waals surface area contributed by atoms with Gasteiger partial charge in [0, 0.05) is 19.4 Å². The van der Waals surface area contributed by atoms with E-state index in [1.165, 1.54) is 0 Å². The minimum atomic E-state index is -0.213. The third-order valence-corrected chi connectivity index (χ3v) is 3.57. The lowest BCUT2D eigenvalue weighted by Crippen LogP contribution is -2.14. The normalized spacial score (nSPS) is 10.1. The van der Waals surface area contributed by atoms with Crippen LogP contribution in [0.5, 0.6) is 0 Å². The number of rotatable bonds is 2. The van der Waals surface area contributed by atoms with Gasteiger partial charge in [-0.1, -0.05) is 15.9 Å². The molecule has 0 aliphatic carbocycles. The molecular weight excluding hydrogens is 407 g/mol. The van der Waals surface area contributed by atoms with E-state index in [0.29, 0.717) is 11.3 Å². The van der Waals surface area contributed by atoms with E-state index in [4.69, 9.17) is 5.73 Å². The van der Waals surface area contributed by atoms with Crippen LogP contribution in [0.2, 0.25) is 0 Å². The molecule has 0 aliphatic rings. The zero-order chi connectivity index (χ0) is 13.1. The Balaban J connectivity index is 2.21. The minimum Gasteiger partial charge on any atom is -0.398 e. The first kappa shape index (κ1) is 13.4. The summed E-state index contributed by atoms with van der Waals surface area (Å²) in [5, 5.41) is 2.81. The summed E-state index contributed by atoms with van der Waals surface area (Å²) in [6.07, 6.45) is 0. The number of nitrogen functional groups attached to an aromatic ring is 1. The Morgan fingerprint density at radius 1 is 1.17 bits per heavy atom. The second-order valence-electron chi connectivity index (χ2n) is 3.69. The van der Waals surface area contributed by atoms with Crippen molar-refractivity contribution in [3.05, 3.63) is 56.1 Å². The van der Waals surface area contributed by atoms with Crippen LogP contribution in [0.25, 0.3) is 0 Å². The highest BCUT2D eigenvalue weighted by Crippen LogP contribution is 2.20. The first-order valence-electron chi connectivity index (χ1n) is 5.18. The van der Waals surface area contributed by atoms with E-state index < -0.39 is 0 Å². The molecule has 2 aromatic carbocycles. The van der Waals surface area contributed by atoms with Crippen molar-refractivity contribution in [3.63, 3.8) is 0 Å². The highest BCUT2D eigenvalue weighted by molar-refractivity contribution is 14.1. The third-order valence-electron chi connectivity index (χ3n) is 2.36. The average molecular weight is 417 g/mol. The number of hydrogen-bond donors (Lipinski definition) is 2. The maximum Gasteiger partial charge on any atom is 0.257 e. The molecule has 3 N–H and O–H groups in total. The van der Waals surface area contributed by atoms with Gasteiger partial charge in [0.2, 0.25) is 0 Å². The molecule has 1 amide bonds. The quantitative estimate of drug-likeness (QED) is 0.576. The van der Waals surface area contributed by atoms with Gasteiger partial charge in [-0.25, -0.2) is 0 Å². The Morgan fingerprint density at radius 3 is 2.50 bits per heavy atom. The third kappa shape index (κ3) is 3.23. The molecule has 18 heavy (non-hydrogen) atoms. The first-order chi connectivity index (χ1) is 8.56. The molecule has 0 aliphatic heterocycles. The van der Waals surface area contributed by atoms with E-state index in [1.807, 2.05) is 24.3 Å². The Morgan fingerprint density at radius 2 is 1.83 bits per heavy atom. The lowest BCUT2D eigenvalue weighted by atomic mass is 10.1. The molecule has 92 valence electrons. The van der Waals surface area contributed by atoms with E-state index >= 15 is 0 Å². The summed E-state index contributed by atoms with van der Waals surface area (Å²) < 4.78 is 1.94. The smallest absolute Gasteiger partial charge is 0.257 e. The maximum absolute atomic E-state index is 12.1. The highest BCUT2D eigenvalue weighted by atomic mass is 127. The monoisotopic (exact) mass is 416 g/mol. The van der Waals surface area contributed by atoms with Gasteiger partial charge in [-0.15, -0.1) is 0 Å². The van der Waals surface area contributed by atoms with Crippen LogP contribution in [0.15, 0.2) is 46.9 Å². The van der Waals surface area contributed by atoms with Crippen LogP contribution in [0.3, 0.4) is 0 Å². The molecule has 0 atom stereocenters. The zero-order valence-corrected chi connectivity index (χ0v) is 13.0. The van der Waals surface area contributed by atoms with Crippen molar-refractivity contribution < 1.29 is 4.79 Å². The molecule has 0 aromatic heterocycles. The summed E-state index contributed by atoms with van der Waals surface area (Å²) in [6.45, 7) is 0. The molecule has 0 heterocycles. The van der Waals surface area contributed by atoms with Gasteiger partial charge in [0.15, 0.2) is 0 Å². The van der Waals surface area contributed by atoms with Crippen LogP contribution >= 0.6 is 38.5 Å². The minimum absolute atomic E-state index is 0.213. The van der Waals surface area contributed by atoms with E-state index in [0.717, 1.165) is 13.7 Å². The Hall–Kier alpha value is -1.08. The number of halogens is 2. The van der Waals surface area contributed by atoms with Crippen LogP contribution in [0.4, 0.5) is 11.4 Å². The Kier molecular flexibility index (Phi) is 4.23. The fourth-order valence-corrected chi connectivity index (χ4v) is 2.18. The predicted molar refractivity (Wildman–Crippen MR) is 85.7 cm³/mol. The van der Waals surface area contributed by atoms with Crippen LogP contribution in [0, 0.1) is 3.57 Å². The summed E-state index contributed by atoms with van der Waals surface area (Å²) in [6, 6.07) is 12.8. The van der Waals surface area contributed by atoms with Crippen LogP contribution < -0.4 is 11.1 Å². The predicted octanol–water partition coefficient (Wildman–Crippen LogP) is 3.89. The van der Waals surface area contributed by atoms with Gasteiger partial charge in [0.1, 0.15) is 0 Å². The molecule has 2 rings (SSSR count). The van der Waals surface area contributed by atoms with Crippen molar-refractivity contribution in [3.8, 4) is 0 Å². The zero-order valence-electron chi connectivity index (χ0n) is 9.28. The van der Waals surface area contributed by atoms with Crippen molar-refractivity contribution in [2.24, 2.45) is 0 Å². The molecule has 0 radical (unpaired) electrons. The van der Waals surface area contributed by atoms with E-state index in [-0.39, 0.29) is 5.91 Å². The molecule has 0 saturated carbocycles. The Bertz CT molecular complexity index is 584. The molecule has 5 heteroatoms. The maximum atomic E-state index is 12.1. The number of nitrogens with two attached hydrogens (primary N) is 1. The summed E-state index contributed by atoms with van der Waals surface area (Å²) in [7, 11) is 0. The molecule has 2 aromatic rings. The number of carbonyl (C=O) groups excluding carboxylic acids is 1. The number of amides is 1. The highest BCUT2D eigenvalue weighted by Gasteiger charge is 2.10. The van der Waals surface area contributed by atoms with Crippen LogP contribution in [-0.4, -0.2) is 5.91 Å². The average Bonchev–Trinajstić information content (AvgIpc) is 2.35. The molecule has 0 unspecified atom stereocenters. The van der Waals surface area contributed by atoms with Gasteiger partial charge >= 0.3 is 0 Å². The molecule has 0 bridgehead atoms. The van der Waals surface area contributed by atoms with Crippen molar-refractivity contribution in [2.75, 3.05) is 11.1 Å². The summed E-state index contributed by atoms with van der Waals surface area (Å²) in [5.74, 6) is -0.213. The largest absolute Gasteiger partial charge is 0.398 e. The molecule has 0 fully saturated rings. The van der Waals surface area contributed by atoms with Crippen molar-refractivity contribution in [2.45, 2.75) is 0 Å². The fourth-order valence-electron chi connectivity index (χ4n) is 1.46. The van der Waals surface area contributed by atoms with Crippen molar-refractivity contribution in [1.82, 2.24) is 0 Å². The van der Waals surface area contributed by atoms with Gasteiger partial charge in [-0.3, -0.25) is 4.79 Å². The summed E-state index contributed by atoms with van der Waals surface area (Å²) in [4.78, 5) is 12.1. The lowest BCUT2D eigenvalue weighted by Gasteiger charge is -2.08. The number of benzene rings is 2. The SMILES string of the molecule is Nc1ccc(Br)cc1C(=O)Nc1ccc(I)cc1. The van der Waals surface area contributed by atoms with Gasteiger partial charge in [0.25, 0.3) is 5.91 Å². The number of nitrogens with one attached hydrogen (secondary N) is 1. The number of hydrogen-bond acceptors (Lipinski definition) is 2. The summed E-state index contributed by atoms with van der Waals surface area (Å²) >= 11 is 5.54. The molecule has 3 nitrogen and oxygen atoms in total. The lowest BCUT2D eigenvalue weighted by molar-refractivity contribution is 0.102. The van der Waals surface area contributed by atoms with Crippen LogP contribution in [0.1, 0.15) is 10.4 Å². The first-order valence-corrected chi connectivity index (χ1v) is 7.05. The van der Waals surface area contributed by atoms with Gasteiger partial charge in [0.05, 0.1) is 5.56 Å². The van der Waals surface area contributed by atoms with E-state index in [9.17, 15) is 4.79 Å². The molecular formula is C13H10BrIN2O. The standard InChI is InChI=1S/C13H10BrIN2O/c14-8-1-6-12(16)11(7-8)13(18)17-10-4-2-9(15)3-5-10/h1-7H,16H2,(H,17,18). The van der Waals surface area contributed by atoms with Crippen molar-refractivity contribution in [1.29, 1.82) is 0 Å². The van der Waals surface area contributed by atoms with Gasteiger partial charge in [-0.05, 0) is 65.1 Å². The van der Waals surface area contributed by atoms with Gasteiger partial charge in [-0.2, -0.15) is 0 Å². The second kappa shape index (κ2) is 5.71. The van der Waals surface area contributed by atoms with E-state index in [2.05, 4.69) is 43.8 Å². The number of anilines is 2. The van der Waals surface area contributed by atoms with Crippen molar-refractivity contribution >= 4 is 55.8 Å². The summed E-state index contributed by atoms with van der Waals surface area (Å²) in [5.41, 5.74) is 7.46. The number of carbonyl (C=O) groups is 1. The van der Waals surface area contributed by atoms with E-state index in [1.54, 1.807) is 18.2 Å². The topological polar surface area (TPSA) is 55.1 Å². The fraction of sp³-hybridized carbons (Fsp3) is 0. The van der Waals surface area contributed by atoms with Crippen LogP contribution in [-0.2, 0) is 0 Å². The molecule has 0 saturated heterocycles. The Labute approximate surface area is 127 Å².